The molecule has 1 heteroatoms. The number of rotatable bonds is 2. The second-order valence-corrected chi connectivity index (χ2v) is 25.1. The zero-order valence-corrected chi connectivity index (χ0v) is 18.8. The van der Waals surface area contributed by atoms with Crippen LogP contribution in [-0.2, 0) is 20.0 Å². The van der Waals surface area contributed by atoms with E-state index in [1.54, 1.807) is 11.1 Å². The molecule has 0 saturated carbocycles. The molecule has 0 aromatic rings. The van der Waals surface area contributed by atoms with Gasteiger partial charge in [-0.3, -0.25) is 0 Å². The van der Waals surface area contributed by atoms with E-state index in [-0.39, 0.29) is 10.8 Å². The Bertz CT molecular complexity index is 502. The fraction of sp³-hybridized carbons (Fsp3) is 0.600. The molecule has 0 heterocycles. The quantitative estimate of drug-likeness (QED) is 0.408. The van der Waals surface area contributed by atoms with Gasteiger partial charge in [0.2, 0.25) is 0 Å². The van der Waals surface area contributed by atoms with Gasteiger partial charge in [0.1, 0.15) is 0 Å². The van der Waals surface area contributed by atoms with E-state index < -0.39 is 20.0 Å². The Labute approximate surface area is 136 Å². The molecule has 116 valence electrons. The third kappa shape index (κ3) is 3.28. The van der Waals surface area contributed by atoms with Gasteiger partial charge in [0.25, 0.3) is 0 Å². The van der Waals surface area contributed by atoms with Crippen LogP contribution in [-0.4, -0.2) is 0 Å². The Morgan fingerprint density at radius 2 is 1.05 bits per heavy atom. The van der Waals surface area contributed by atoms with E-state index in [0.29, 0.717) is 0 Å². The monoisotopic (exact) mass is 452 g/mol. The number of hydrogen-bond acceptors (Lipinski definition) is 0. The van der Waals surface area contributed by atoms with Crippen molar-refractivity contribution in [3.8, 4) is 0 Å². The molecule has 0 N–H and O–H groups in total. The van der Waals surface area contributed by atoms with Crippen LogP contribution in [0.2, 0.25) is 9.36 Å². The molecule has 2 aliphatic rings. The molecule has 0 amide bonds. The average molecular weight is 451 g/mol. The fourth-order valence-electron chi connectivity index (χ4n) is 3.78. The molecule has 0 aromatic carbocycles. The first kappa shape index (κ1) is 17.2. The molecular formula is C20H32Hf. The summed E-state index contributed by atoms with van der Waals surface area (Å²) in [6.07, 6.45) is 12.0. The van der Waals surface area contributed by atoms with Gasteiger partial charge in [-0.25, -0.2) is 0 Å². The maximum absolute atomic E-state index is 2.65. The van der Waals surface area contributed by atoms with Gasteiger partial charge in [-0.05, 0) is 0 Å². The van der Waals surface area contributed by atoms with E-state index in [1.807, 2.05) is 6.66 Å². The van der Waals surface area contributed by atoms with Gasteiger partial charge in [-0.2, -0.15) is 0 Å². The molecule has 0 spiro atoms. The third-order valence-corrected chi connectivity index (χ3v) is 19.2. The predicted octanol–water partition coefficient (Wildman–Crippen LogP) is 6.76. The molecule has 0 atom stereocenters. The summed E-state index contributed by atoms with van der Waals surface area (Å²) in [4.78, 5) is 0. The van der Waals surface area contributed by atoms with Gasteiger partial charge >= 0.3 is 137 Å². The first-order valence-electron chi connectivity index (χ1n) is 8.27. The summed E-state index contributed by atoms with van der Waals surface area (Å²) in [5, 5.41) is 0. The van der Waals surface area contributed by atoms with Crippen LogP contribution in [0.15, 0.2) is 42.1 Å². The van der Waals surface area contributed by atoms with Gasteiger partial charge in [0.15, 0.2) is 0 Å². The van der Waals surface area contributed by atoms with E-state index >= 15 is 0 Å². The van der Waals surface area contributed by atoms with Crippen molar-refractivity contribution in [2.24, 2.45) is 10.8 Å². The Hall–Kier alpha value is -0.170. The van der Waals surface area contributed by atoms with Crippen molar-refractivity contribution in [3.05, 3.63) is 42.1 Å². The first-order chi connectivity index (χ1) is 9.45. The molecule has 0 nitrogen and oxygen atoms in total. The summed E-state index contributed by atoms with van der Waals surface area (Å²) in [6.45, 7) is 14.2. The molecule has 0 unspecified atom stereocenters. The SMILES string of the molecule is CC(C)(C)C1=[C]([Hf]([CH3])([CH3])[C]2=C(C(C)(C)C)C=CC2)CC=C1. The second kappa shape index (κ2) is 5.48. The number of allylic oxidation sites excluding steroid dienone is 8. The molecule has 2 aliphatic carbocycles. The van der Waals surface area contributed by atoms with Crippen molar-refractivity contribution in [2.75, 3.05) is 0 Å². The maximum atomic E-state index is 2.65. The van der Waals surface area contributed by atoms with Crippen LogP contribution in [0.25, 0.3) is 0 Å². The van der Waals surface area contributed by atoms with E-state index in [2.05, 4.69) is 75.2 Å². The molecule has 0 aromatic heterocycles. The van der Waals surface area contributed by atoms with Crippen molar-refractivity contribution in [1.29, 1.82) is 0 Å². The Kier molecular flexibility index (Phi) is 4.48. The zero-order valence-electron chi connectivity index (χ0n) is 15.2. The van der Waals surface area contributed by atoms with Crippen molar-refractivity contribution in [3.63, 3.8) is 0 Å². The standard InChI is InChI=1S/2C9H13.2CH3.Hf/c2*1-9(2,3)8-6-4-5-7-8;;;/h2*4,6H,5H2,1-3H3;2*1H3;. The molecule has 0 fully saturated rings. The van der Waals surface area contributed by atoms with Crippen molar-refractivity contribution in [1.82, 2.24) is 0 Å². The molecule has 0 bridgehead atoms. The Morgan fingerprint density at radius 1 is 0.714 bits per heavy atom. The fourth-order valence-corrected chi connectivity index (χ4v) is 17.7. The van der Waals surface area contributed by atoms with Crippen LogP contribution in [0.3, 0.4) is 0 Å². The Balaban J connectivity index is 2.54. The van der Waals surface area contributed by atoms with E-state index in [0.717, 1.165) is 0 Å². The average Bonchev–Trinajstić information content (AvgIpc) is 2.97. The van der Waals surface area contributed by atoms with Crippen LogP contribution in [0.4, 0.5) is 0 Å². The van der Waals surface area contributed by atoms with Crippen LogP contribution in [0.5, 0.6) is 0 Å². The van der Waals surface area contributed by atoms with Crippen LogP contribution in [0.1, 0.15) is 54.4 Å². The van der Waals surface area contributed by atoms with Crippen molar-refractivity contribution >= 4 is 0 Å². The van der Waals surface area contributed by atoms with Crippen molar-refractivity contribution < 1.29 is 20.0 Å². The summed E-state index contributed by atoms with van der Waals surface area (Å²) in [5.74, 6) is 0. The normalized spacial score (nSPS) is 20.2. The summed E-state index contributed by atoms with van der Waals surface area (Å²) in [7, 11) is 0. The topological polar surface area (TPSA) is 0 Å². The molecule has 0 saturated heterocycles. The predicted molar refractivity (Wildman–Crippen MR) is 92.2 cm³/mol. The molecule has 21 heavy (non-hydrogen) atoms. The third-order valence-electron chi connectivity index (χ3n) is 4.99. The van der Waals surface area contributed by atoms with Gasteiger partial charge in [0.05, 0.1) is 0 Å². The Morgan fingerprint density at radius 3 is 1.33 bits per heavy atom. The summed E-state index contributed by atoms with van der Waals surface area (Å²) >= 11 is -2.57. The van der Waals surface area contributed by atoms with E-state index in [4.69, 9.17) is 0 Å². The summed E-state index contributed by atoms with van der Waals surface area (Å²) < 4.78 is 8.98. The van der Waals surface area contributed by atoms with E-state index in [1.165, 1.54) is 12.8 Å². The zero-order chi connectivity index (χ0) is 16.1. The van der Waals surface area contributed by atoms with Gasteiger partial charge in [0, 0.05) is 0 Å². The van der Waals surface area contributed by atoms with Gasteiger partial charge in [-0.15, -0.1) is 0 Å². The van der Waals surface area contributed by atoms with Crippen LogP contribution < -0.4 is 0 Å². The van der Waals surface area contributed by atoms with Crippen LogP contribution >= 0.6 is 0 Å². The molecule has 2 rings (SSSR count). The van der Waals surface area contributed by atoms with Gasteiger partial charge < -0.3 is 0 Å². The molecule has 0 aliphatic heterocycles. The summed E-state index contributed by atoms with van der Waals surface area (Å²) in [5.41, 5.74) is 3.85. The van der Waals surface area contributed by atoms with Crippen LogP contribution in [0, 0.1) is 10.8 Å². The minimum absolute atomic E-state index is 0.286. The number of hydrogen-bond donors (Lipinski definition) is 0. The van der Waals surface area contributed by atoms with Crippen molar-refractivity contribution in [2.45, 2.75) is 63.7 Å². The minimum atomic E-state index is -2.57. The van der Waals surface area contributed by atoms with E-state index in [9.17, 15) is 0 Å². The molecule has 0 radical (unpaired) electrons. The van der Waals surface area contributed by atoms with Gasteiger partial charge in [-0.1, -0.05) is 0 Å². The first-order valence-corrected chi connectivity index (χ1v) is 19.0. The second-order valence-electron chi connectivity index (χ2n) is 9.12. The molecular weight excluding hydrogens is 419 g/mol. The summed E-state index contributed by atoms with van der Waals surface area (Å²) in [6, 6.07) is 0.